The van der Waals surface area contributed by atoms with Crippen molar-refractivity contribution in [2.24, 2.45) is 0 Å². The second kappa shape index (κ2) is 4.19. The van der Waals surface area contributed by atoms with Gasteiger partial charge in [0.1, 0.15) is 5.75 Å². The Labute approximate surface area is 94.9 Å². The van der Waals surface area contributed by atoms with Gasteiger partial charge in [-0.2, -0.15) is 0 Å². The van der Waals surface area contributed by atoms with Gasteiger partial charge < -0.3 is 9.64 Å². The second-order valence-corrected chi connectivity index (χ2v) is 4.37. The Hall–Kier alpha value is -1.09. The molecule has 15 heavy (non-hydrogen) atoms. The molecule has 0 aromatic heterocycles. The summed E-state index contributed by atoms with van der Waals surface area (Å²) in [7, 11) is 1.71. The van der Waals surface area contributed by atoms with E-state index >= 15 is 0 Å². The third kappa shape index (κ3) is 1.72. The summed E-state index contributed by atoms with van der Waals surface area (Å²) in [5.41, 5.74) is 1.26. The van der Waals surface area contributed by atoms with Gasteiger partial charge in [-0.15, -0.1) is 0 Å². The summed E-state index contributed by atoms with van der Waals surface area (Å²) >= 11 is 1.82. The van der Waals surface area contributed by atoms with Crippen LogP contribution in [0.1, 0.15) is 13.8 Å². The van der Waals surface area contributed by atoms with Gasteiger partial charge in [-0.3, -0.25) is 0 Å². The van der Waals surface area contributed by atoms with E-state index in [0.717, 1.165) is 12.3 Å². The molecule has 0 fully saturated rings. The number of hydrogen-bond acceptors (Lipinski definition) is 3. The molecule has 80 valence electrons. The molecule has 0 N–H and O–H groups in total. The first-order chi connectivity index (χ1) is 7.30. The van der Waals surface area contributed by atoms with Crippen LogP contribution in [0.2, 0.25) is 0 Å². The number of anilines is 1. The van der Waals surface area contributed by atoms with Crippen molar-refractivity contribution in [3.05, 3.63) is 29.3 Å². The van der Waals surface area contributed by atoms with Crippen molar-refractivity contribution in [1.29, 1.82) is 0 Å². The minimum Gasteiger partial charge on any atom is -0.497 e. The van der Waals surface area contributed by atoms with E-state index in [4.69, 9.17) is 4.74 Å². The quantitative estimate of drug-likeness (QED) is 0.758. The zero-order chi connectivity index (χ0) is 10.8. The molecule has 0 unspecified atom stereocenters. The van der Waals surface area contributed by atoms with Crippen molar-refractivity contribution >= 4 is 17.4 Å². The SMILES string of the molecule is C/C=C1\Sc2ccc(OC)cc2N1CC. The molecule has 3 heteroatoms. The number of ether oxygens (including phenoxy) is 1. The molecular weight excluding hydrogens is 206 g/mol. The average molecular weight is 221 g/mol. The van der Waals surface area contributed by atoms with Crippen molar-refractivity contribution in [3.8, 4) is 5.75 Å². The third-order valence-corrected chi connectivity index (χ3v) is 3.73. The Morgan fingerprint density at radius 1 is 1.47 bits per heavy atom. The minimum absolute atomic E-state index is 0.921. The molecule has 0 saturated carbocycles. The van der Waals surface area contributed by atoms with Crippen molar-refractivity contribution in [3.63, 3.8) is 0 Å². The van der Waals surface area contributed by atoms with Gasteiger partial charge in [0.05, 0.1) is 17.8 Å². The fourth-order valence-electron chi connectivity index (χ4n) is 1.75. The molecule has 1 aromatic rings. The van der Waals surface area contributed by atoms with Gasteiger partial charge in [0.2, 0.25) is 0 Å². The van der Waals surface area contributed by atoms with Crippen LogP contribution in [0.5, 0.6) is 5.75 Å². The number of methoxy groups -OCH3 is 1. The molecule has 1 aliphatic heterocycles. The molecule has 0 amide bonds. The van der Waals surface area contributed by atoms with Crippen LogP contribution in [0.25, 0.3) is 0 Å². The zero-order valence-electron chi connectivity index (χ0n) is 9.28. The maximum Gasteiger partial charge on any atom is 0.121 e. The summed E-state index contributed by atoms with van der Waals surface area (Å²) < 4.78 is 5.25. The van der Waals surface area contributed by atoms with Gasteiger partial charge in [0.15, 0.2) is 0 Å². The van der Waals surface area contributed by atoms with Crippen molar-refractivity contribution in [2.75, 3.05) is 18.6 Å². The fraction of sp³-hybridized carbons (Fsp3) is 0.333. The molecule has 1 heterocycles. The van der Waals surface area contributed by atoms with E-state index in [-0.39, 0.29) is 0 Å². The smallest absolute Gasteiger partial charge is 0.121 e. The van der Waals surface area contributed by atoms with E-state index in [9.17, 15) is 0 Å². The van der Waals surface area contributed by atoms with E-state index < -0.39 is 0 Å². The Morgan fingerprint density at radius 2 is 2.27 bits per heavy atom. The normalized spacial score (nSPS) is 17.0. The fourth-order valence-corrected chi connectivity index (χ4v) is 2.84. The molecule has 0 aliphatic carbocycles. The lowest BCUT2D eigenvalue weighted by atomic mass is 10.2. The van der Waals surface area contributed by atoms with Crippen molar-refractivity contribution in [2.45, 2.75) is 18.7 Å². The van der Waals surface area contributed by atoms with Crippen molar-refractivity contribution < 1.29 is 4.74 Å². The van der Waals surface area contributed by atoms with Crippen LogP contribution < -0.4 is 9.64 Å². The summed E-state index contributed by atoms with van der Waals surface area (Å²) in [6, 6.07) is 6.23. The van der Waals surface area contributed by atoms with Gasteiger partial charge in [-0.05, 0) is 26.0 Å². The summed E-state index contributed by atoms with van der Waals surface area (Å²) in [5, 5.41) is 1.31. The number of rotatable bonds is 2. The van der Waals surface area contributed by atoms with E-state index in [2.05, 4.69) is 37.0 Å². The molecule has 0 spiro atoms. The third-order valence-electron chi connectivity index (χ3n) is 2.50. The lowest BCUT2D eigenvalue weighted by molar-refractivity contribution is 0.414. The van der Waals surface area contributed by atoms with Crippen molar-refractivity contribution in [1.82, 2.24) is 0 Å². The van der Waals surface area contributed by atoms with E-state index in [1.165, 1.54) is 15.6 Å². The first-order valence-electron chi connectivity index (χ1n) is 5.10. The molecule has 0 saturated heterocycles. The molecular formula is C12H15NOS. The first kappa shape index (κ1) is 10.4. The predicted octanol–water partition coefficient (Wildman–Crippen LogP) is 3.49. The lowest BCUT2D eigenvalue weighted by Crippen LogP contribution is -2.16. The van der Waals surface area contributed by atoms with Crippen LogP contribution in [-0.2, 0) is 0 Å². The first-order valence-corrected chi connectivity index (χ1v) is 5.91. The monoisotopic (exact) mass is 221 g/mol. The molecule has 1 aromatic carbocycles. The van der Waals surface area contributed by atoms with Gasteiger partial charge in [-0.25, -0.2) is 0 Å². The van der Waals surface area contributed by atoms with Crippen LogP contribution in [0.3, 0.4) is 0 Å². The molecule has 0 radical (unpaired) electrons. The number of allylic oxidation sites excluding steroid dienone is 1. The number of nitrogens with zero attached hydrogens (tertiary/aromatic N) is 1. The van der Waals surface area contributed by atoms with Gasteiger partial charge in [0, 0.05) is 17.5 Å². The lowest BCUT2D eigenvalue weighted by Gasteiger charge is -2.17. The number of thioether (sulfide) groups is 1. The van der Waals surface area contributed by atoms with E-state index in [1.807, 2.05) is 17.8 Å². The Balaban J connectivity index is 2.45. The maximum atomic E-state index is 5.25. The number of benzene rings is 1. The minimum atomic E-state index is 0.921. The maximum absolute atomic E-state index is 5.25. The summed E-state index contributed by atoms with van der Waals surface area (Å²) in [6.45, 7) is 5.24. The Kier molecular flexibility index (Phi) is 2.91. The van der Waals surface area contributed by atoms with E-state index in [1.54, 1.807) is 7.11 Å². The highest BCUT2D eigenvalue weighted by molar-refractivity contribution is 8.03. The Bertz CT molecular complexity index is 401. The predicted molar refractivity (Wildman–Crippen MR) is 65.6 cm³/mol. The van der Waals surface area contributed by atoms with Crippen LogP contribution in [0, 0.1) is 0 Å². The highest BCUT2D eigenvalue weighted by Crippen LogP contribution is 2.46. The molecule has 2 nitrogen and oxygen atoms in total. The van der Waals surface area contributed by atoms with Crippen LogP contribution in [0.4, 0.5) is 5.69 Å². The van der Waals surface area contributed by atoms with E-state index in [0.29, 0.717) is 0 Å². The summed E-state index contributed by atoms with van der Waals surface area (Å²) in [6.07, 6.45) is 2.15. The summed E-state index contributed by atoms with van der Waals surface area (Å²) in [5.74, 6) is 0.921. The zero-order valence-corrected chi connectivity index (χ0v) is 10.1. The molecule has 1 aliphatic rings. The van der Waals surface area contributed by atoms with Crippen LogP contribution >= 0.6 is 11.8 Å². The largest absolute Gasteiger partial charge is 0.497 e. The number of fused-ring (bicyclic) bond motifs is 1. The summed E-state index contributed by atoms with van der Waals surface area (Å²) in [4.78, 5) is 3.62. The molecule has 0 atom stereocenters. The number of hydrogen-bond donors (Lipinski definition) is 0. The highest BCUT2D eigenvalue weighted by Gasteiger charge is 2.23. The topological polar surface area (TPSA) is 12.5 Å². The van der Waals surface area contributed by atoms with Gasteiger partial charge >= 0.3 is 0 Å². The highest BCUT2D eigenvalue weighted by atomic mass is 32.2. The molecule has 0 bridgehead atoms. The molecule has 2 rings (SSSR count). The van der Waals surface area contributed by atoms with Crippen LogP contribution in [0.15, 0.2) is 34.2 Å². The van der Waals surface area contributed by atoms with Crippen LogP contribution in [-0.4, -0.2) is 13.7 Å². The second-order valence-electron chi connectivity index (χ2n) is 3.31. The Morgan fingerprint density at radius 3 is 2.87 bits per heavy atom. The van der Waals surface area contributed by atoms with Gasteiger partial charge in [0.25, 0.3) is 0 Å². The standard InChI is InChI=1S/C12H15NOS/c1-4-12-13(5-2)10-8-9(14-3)6-7-11(10)15-12/h4,6-8H,5H2,1-3H3/b12-4-. The van der Waals surface area contributed by atoms with Gasteiger partial charge in [-0.1, -0.05) is 17.8 Å². The average Bonchev–Trinajstić information content (AvgIpc) is 2.65.